The van der Waals surface area contributed by atoms with Crippen LogP contribution in [0.15, 0.2) is 30.5 Å². The summed E-state index contributed by atoms with van der Waals surface area (Å²) in [7, 11) is 0. The maximum absolute atomic E-state index is 12.4. The van der Waals surface area contributed by atoms with Crippen molar-refractivity contribution in [1.29, 1.82) is 0 Å². The Balaban J connectivity index is 2.11. The highest BCUT2D eigenvalue weighted by molar-refractivity contribution is 6.20. The van der Waals surface area contributed by atoms with E-state index in [1.54, 1.807) is 12.1 Å². The first-order valence-corrected chi connectivity index (χ1v) is 5.93. The van der Waals surface area contributed by atoms with Crippen LogP contribution in [0.1, 0.15) is 11.1 Å². The fourth-order valence-corrected chi connectivity index (χ4v) is 1.69. The Hall–Kier alpha value is -2.15. The van der Waals surface area contributed by atoms with Gasteiger partial charge in [0.15, 0.2) is 0 Å². The van der Waals surface area contributed by atoms with Crippen molar-refractivity contribution in [2.75, 3.05) is 11.5 Å². The third-order valence-corrected chi connectivity index (χ3v) is 2.55. The highest BCUT2D eigenvalue weighted by Gasteiger charge is 2.27. The van der Waals surface area contributed by atoms with Crippen molar-refractivity contribution in [3.8, 4) is 5.75 Å². The van der Waals surface area contributed by atoms with Crippen LogP contribution in [0, 0.1) is 0 Å². The van der Waals surface area contributed by atoms with Crippen LogP contribution in [0.4, 0.5) is 20.5 Å². The molecule has 0 saturated heterocycles. The summed E-state index contributed by atoms with van der Waals surface area (Å²) in [6.07, 6.45) is 1.97. The lowest BCUT2D eigenvalue weighted by atomic mass is 10.1. The van der Waals surface area contributed by atoms with Crippen molar-refractivity contribution < 1.29 is 13.5 Å². The zero-order chi connectivity index (χ0) is 14.8. The molecule has 0 bridgehead atoms. The topological polar surface area (TPSA) is 87.0 Å². The second-order valence-corrected chi connectivity index (χ2v) is 4.45. The SMILES string of the molecule is Nc1ncc(Cc2ccc(OC(F)(F)Cl)cc2)c(N)n1. The van der Waals surface area contributed by atoms with Crippen molar-refractivity contribution in [2.24, 2.45) is 0 Å². The summed E-state index contributed by atoms with van der Waals surface area (Å²) in [6.45, 7) is 0. The van der Waals surface area contributed by atoms with E-state index in [1.165, 1.54) is 18.3 Å². The Morgan fingerprint density at radius 1 is 1.20 bits per heavy atom. The number of hydrogen-bond donors (Lipinski definition) is 2. The Labute approximate surface area is 118 Å². The molecule has 4 N–H and O–H groups in total. The fraction of sp³-hybridized carbons (Fsp3) is 0.167. The minimum Gasteiger partial charge on any atom is -0.420 e. The molecular weight excluding hydrogens is 290 g/mol. The maximum Gasteiger partial charge on any atom is 0.487 e. The second kappa shape index (κ2) is 5.46. The van der Waals surface area contributed by atoms with Crippen LogP contribution in [0.25, 0.3) is 0 Å². The van der Waals surface area contributed by atoms with E-state index in [1.807, 2.05) is 0 Å². The molecule has 1 heterocycles. The first-order valence-electron chi connectivity index (χ1n) is 5.55. The average Bonchev–Trinajstić information content (AvgIpc) is 2.33. The van der Waals surface area contributed by atoms with Crippen molar-refractivity contribution >= 4 is 23.4 Å². The lowest BCUT2D eigenvalue weighted by Crippen LogP contribution is -2.15. The van der Waals surface area contributed by atoms with Gasteiger partial charge in [0.25, 0.3) is 0 Å². The number of anilines is 2. The van der Waals surface area contributed by atoms with Crippen molar-refractivity contribution in [3.05, 3.63) is 41.6 Å². The molecule has 2 aromatic rings. The monoisotopic (exact) mass is 300 g/mol. The van der Waals surface area contributed by atoms with E-state index in [9.17, 15) is 8.78 Å². The van der Waals surface area contributed by atoms with Crippen LogP contribution in [-0.4, -0.2) is 15.5 Å². The first-order chi connectivity index (χ1) is 9.33. The maximum atomic E-state index is 12.4. The van der Waals surface area contributed by atoms with Gasteiger partial charge in [-0.15, -0.1) is 8.78 Å². The van der Waals surface area contributed by atoms with Gasteiger partial charge in [0.05, 0.1) is 0 Å². The van der Waals surface area contributed by atoms with Gasteiger partial charge in [0.1, 0.15) is 11.6 Å². The molecule has 0 aliphatic heterocycles. The van der Waals surface area contributed by atoms with Crippen LogP contribution >= 0.6 is 11.6 Å². The van der Waals surface area contributed by atoms with Gasteiger partial charge >= 0.3 is 5.57 Å². The predicted molar refractivity (Wildman–Crippen MR) is 71.5 cm³/mol. The number of alkyl halides is 3. The summed E-state index contributed by atoms with van der Waals surface area (Å²) in [6, 6.07) is 6.02. The molecular formula is C12H11ClF2N4O. The van der Waals surface area contributed by atoms with Crippen molar-refractivity contribution in [2.45, 2.75) is 12.0 Å². The molecule has 0 saturated carbocycles. The number of benzene rings is 1. The number of hydrogen-bond acceptors (Lipinski definition) is 5. The van der Waals surface area contributed by atoms with E-state index in [4.69, 9.17) is 11.5 Å². The summed E-state index contributed by atoms with van der Waals surface area (Å²) in [5.74, 6) is 0.347. The summed E-state index contributed by atoms with van der Waals surface area (Å²) >= 11 is 4.67. The normalized spacial score (nSPS) is 11.3. The van der Waals surface area contributed by atoms with Gasteiger partial charge in [-0.1, -0.05) is 12.1 Å². The Bertz CT molecular complexity index is 601. The number of nitrogen functional groups attached to an aromatic ring is 2. The van der Waals surface area contributed by atoms with E-state index in [-0.39, 0.29) is 17.5 Å². The van der Waals surface area contributed by atoms with Crippen LogP contribution in [0.5, 0.6) is 5.75 Å². The number of halogens is 3. The Morgan fingerprint density at radius 3 is 2.40 bits per heavy atom. The molecule has 0 spiro atoms. The van der Waals surface area contributed by atoms with E-state index in [0.29, 0.717) is 12.0 Å². The van der Waals surface area contributed by atoms with Gasteiger partial charge in [0.2, 0.25) is 5.95 Å². The summed E-state index contributed by atoms with van der Waals surface area (Å²) in [4.78, 5) is 7.69. The van der Waals surface area contributed by atoms with Crippen molar-refractivity contribution in [3.63, 3.8) is 0 Å². The van der Waals surface area contributed by atoms with Crippen molar-refractivity contribution in [1.82, 2.24) is 9.97 Å². The molecule has 8 heteroatoms. The largest absolute Gasteiger partial charge is 0.487 e. The van der Waals surface area contributed by atoms with Crippen LogP contribution in [-0.2, 0) is 6.42 Å². The number of ether oxygens (including phenoxy) is 1. The predicted octanol–water partition coefficient (Wildman–Crippen LogP) is 2.40. The molecule has 1 aromatic heterocycles. The standard InChI is InChI=1S/C12H11ClF2N4O/c13-12(14,15)20-9-3-1-7(2-4-9)5-8-6-18-11(17)19-10(8)16/h1-4,6H,5H2,(H4,16,17,18,19). The lowest BCUT2D eigenvalue weighted by molar-refractivity contribution is -0.0964. The van der Waals surface area contributed by atoms with Gasteiger partial charge in [-0.05, 0) is 17.7 Å². The quantitative estimate of drug-likeness (QED) is 0.847. The first kappa shape index (κ1) is 14.3. The fourth-order valence-electron chi connectivity index (χ4n) is 1.60. The van der Waals surface area contributed by atoms with Crippen LogP contribution < -0.4 is 16.2 Å². The molecule has 2 rings (SSSR count). The molecule has 0 aliphatic rings. The third-order valence-electron chi connectivity index (χ3n) is 2.47. The van der Waals surface area contributed by atoms with E-state index in [2.05, 4.69) is 26.3 Å². The van der Waals surface area contributed by atoms with Crippen LogP contribution in [0.3, 0.4) is 0 Å². The number of nitrogens with two attached hydrogens (primary N) is 2. The smallest absolute Gasteiger partial charge is 0.420 e. The van der Waals surface area contributed by atoms with Gasteiger partial charge in [-0.3, -0.25) is 0 Å². The van der Waals surface area contributed by atoms with Crippen LogP contribution in [0.2, 0.25) is 0 Å². The molecule has 5 nitrogen and oxygen atoms in total. The van der Waals surface area contributed by atoms with E-state index < -0.39 is 5.57 Å². The van der Waals surface area contributed by atoms with E-state index >= 15 is 0 Å². The molecule has 0 radical (unpaired) electrons. The zero-order valence-electron chi connectivity index (χ0n) is 10.2. The van der Waals surface area contributed by atoms with Gasteiger partial charge in [-0.25, -0.2) is 4.98 Å². The van der Waals surface area contributed by atoms with E-state index in [0.717, 1.165) is 5.56 Å². The molecule has 1 aromatic carbocycles. The molecule has 106 valence electrons. The average molecular weight is 301 g/mol. The summed E-state index contributed by atoms with van der Waals surface area (Å²) in [5.41, 5.74) is 8.90. The Kier molecular flexibility index (Phi) is 3.89. The highest BCUT2D eigenvalue weighted by atomic mass is 35.5. The van der Waals surface area contributed by atoms with Gasteiger partial charge in [-0.2, -0.15) is 4.98 Å². The Morgan fingerprint density at radius 2 is 1.85 bits per heavy atom. The molecule has 0 aliphatic carbocycles. The lowest BCUT2D eigenvalue weighted by Gasteiger charge is -2.11. The molecule has 0 atom stereocenters. The zero-order valence-corrected chi connectivity index (χ0v) is 10.9. The minimum absolute atomic E-state index is 0.0321. The third kappa shape index (κ3) is 3.92. The highest BCUT2D eigenvalue weighted by Crippen LogP contribution is 2.25. The second-order valence-electron chi connectivity index (χ2n) is 4.01. The van der Waals surface area contributed by atoms with Gasteiger partial charge < -0.3 is 16.2 Å². The minimum atomic E-state index is -3.73. The number of rotatable bonds is 4. The number of aromatic nitrogens is 2. The van der Waals surface area contributed by atoms with Gasteiger partial charge in [0, 0.05) is 29.8 Å². The molecule has 0 unspecified atom stereocenters. The molecule has 20 heavy (non-hydrogen) atoms. The summed E-state index contributed by atoms with van der Waals surface area (Å²) in [5, 5.41) is 0. The molecule has 0 fully saturated rings. The molecule has 0 amide bonds. The number of nitrogens with zero attached hydrogens (tertiary/aromatic N) is 2. The summed E-state index contributed by atoms with van der Waals surface area (Å²) < 4.78 is 29.1.